The normalized spacial score (nSPS) is 26.2. The summed E-state index contributed by atoms with van der Waals surface area (Å²) in [5.41, 5.74) is 1.41. The van der Waals surface area contributed by atoms with Gasteiger partial charge in [0.1, 0.15) is 6.04 Å². The minimum Gasteiger partial charge on any atom is -0.480 e. The molecule has 5 heteroatoms. The van der Waals surface area contributed by atoms with Crippen molar-refractivity contribution < 1.29 is 14.7 Å². The lowest BCUT2D eigenvalue weighted by atomic mass is 9.91. The highest BCUT2D eigenvalue weighted by Crippen LogP contribution is 2.24. The lowest BCUT2D eigenvalue weighted by molar-refractivity contribution is -0.145. The third kappa shape index (κ3) is 3.52. The molecule has 20 heavy (non-hydrogen) atoms. The van der Waals surface area contributed by atoms with Crippen molar-refractivity contribution in [2.75, 3.05) is 13.1 Å². The first-order chi connectivity index (χ1) is 9.59. The first-order valence-corrected chi connectivity index (χ1v) is 7.55. The Kier molecular flexibility index (Phi) is 5.04. The standard InChI is InChI=1S/C15H24N2O3/c1-11-5-4-10-17(13(11)14(18)19)15(20)16-9-8-12-6-2-3-7-12/h6,11,13H,2-5,7-10H2,1H3,(H,16,20)(H,18,19). The SMILES string of the molecule is CC1CCCN(C(=O)NCCC2=CCCC2)C1C(=O)O. The number of likely N-dealkylation sites (tertiary alicyclic amines) is 1. The molecule has 5 nitrogen and oxygen atoms in total. The number of carboxylic acid groups (broad SMARTS) is 1. The fraction of sp³-hybridized carbons (Fsp3) is 0.733. The number of rotatable bonds is 4. The van der Waals surface area contributed by atoms with Crippen LogP contribution in [-0.4, -0.2) is 41.1 Å². The number of hydrogen-bond donors (Lipinski definition) is 2. The molecule has 1 heterocycles. The second-order valence-corrected chi connectivity index (χ2v) is 5.83. The van der Waals surface area contributed by atoms with E-state index in [0.29, 0.717) is 13.1 Å². The number of urea groups is 1. The van der Waals surface area contributed by atoms with E-state index in [1.165, 1.54) is 16.9 Å². The van der Waals surface area contributed by atoms with Crippen LogP contribution in [0.5, 0.6) is 0 Å². The molecule has 0 radical (unpaired) electrons. The van der Waals surface area contributed by atoms with Gasteiger partial charge in [0, 0.05) is 13.1 Å². The zero-order valence-electron chi connectivity index (χ0n) is 12.1. The zero-order chi connectivity index (χ0) is 14.5. The van der Waals surface area contributed by atoms with E-state index in [1.54, 1.807) is 0 Å². The maximum Gasteiger partial charge on any atom is 0.326 e. The average molecular weight is 280 g/mol. The molecule has 112 valence electrons. The maximum absolute atomic E-state index is 12.2. The van der Waals surface area contributed by atoms with Crippen molar-refractivity contribution in [3.63, 3.8) is 0 Å². The highest BCUT2D eigenvalue weighted by molar-refractivity contribution is 5.83. The number of aliphatic carboxylic acids is 1. The van der Waals surface area contributed by atoms with Crippen LogP contribution in [0, 0.1) is 5.92 Å². The van der Waals surface area contributed by atoms with Gasteiger partial charge in [-0.05, 0) is 44.4 Å². The summed E-state index contributed by atoms with van der Waals surface area (Å²) < 4.78 is 0. The molecule has 1 fully saturated rings. The number of carbonyl (C=O) groups is 2. The van der Waals surface area contributed by atoms with Crippen molar-refractivity contribution in [2.45, 2.75) is 51.5 Å². The third-order valence-electron chi connectivity index (χ3n) is 4.30. The Morgan fingerprint density at radius 3 is 2.90 bits per heavy atom. The minimum atomic E-state index is -0.897. The Hall–Kier alpha value is -1.52. The summed E-state index contributed by atoms with van der Waals surface area (Å²) in [6.45, 7) is 3.04. The summed E-state index contributed by atoms with van der Waals surface area (Å²) >= 11 is 0. The zero-order valence-corrected chi connectivity index (χ0v) is 12.1. The van der Waals surface area contributed by atoms with E-state index in [-0.39, 0.29) is 11.9 Å². The van der Waals surface area contributed by atoms with E-state index in [9.17, 15) is 14.7 Å². The van der Waals surface area contributed by atoms with E-state index in [0.717, 1.165) is 32.1 Å². The van der Waals surface area contributed by atoms with Crippen LogP contribution in [0.3, 0.4) is 0 Å². The number of carboxylic acids is 1. The van der Waals surface area contributed by atoms with Crippen LogP contribution >= 0.6 is 0 Å². The van der Waals surface area contributed by atoms with Crippen LogP contribution in [0.4, 0.5) is 4.79 Å². The molecule has 2 atom stereocenters. The van der Waals surface area contributed by atoms with Gasteiger partial charge in [-0.2, -0.15) is 0 Å². The van der Waals surface area contributed by atoms with Gasteiger partial charge < -0.3 is 15.3 Å². The van der Waals surface area contributed by atoms with Crippen molar-refractivity contribution in [3.8, 4) is 0 Å². The van der Waals surface area contributed by atoms with E-state index < -0.39 is 12.0 Å². The van der Waals surface area contributed by atoms with Crippen molar-refractivity contribution in [1.82, 2.24) is 10.2 Å². The first kappa shape index (κ1) is 14.9. The number of amides is 2. The van der Waals surface area contributed by atoms with Gasteiger partial charge in [-0.1, -0.05) is 18.6 Å². The number of carbonyl (C=O) groups excluding carboxylic acids is 1. The number of hydrogen-bond acceptors (Lipinski definition) is 2. The third-order valence-corrected chi connectivity index (χ3v) is 4.30. The second-order valence-electron chi connectivity index (χ2n) is 5.83. The molecule has 0 saturated carbocycles. The summed E-state index contributed by atoms with van der Waals surface area (Å²) in [5, 5.41) is 12.2. The summed E-state index contributed by atoms with van der Waals surface area (Å²) in [6.07, 6.45) is 8.37. The molecular weight excluding hydrogens is 256 g/mol. The molecule has 2 amide bonds. The van der Waals surface area contributed by atoms with Crippen molar-refractivity contribution in [1.29, 1.82) is 0 Å². The van der Waals surface area contributed by atoms with E-state index >= 15 is 0 Å². The second kappa shape index (κ2) is 6.77. The van der Waals surface area contributed by atoms with Crippen LogP contribution in [0.2, 0.25) is 0 Å². The molecule has 0 aromatic rings. The molecular formula is C15H24N2O3. The van der Waals surface area contributed by atoms with Crippen LogP contribution in [-0.2, 0) is 4.79 Å². The van der Waals surface area contributed by atoms with Gasteiger partial charge in [0.2, 0.25) is 0 Å². The van der Waals surface area contributed by atoms with Gasteiger partial charge in [-0.15, -0.1) is 0 Å². The Bertz CT molecular complexity index is 406. The molecule has 1 aliphatic carbocycles. The quantitative estimate of drug-likeness (QED) is 0.777. The first-order valence-electron chi connectivity index (χ1n) is 7.55. The lowest BCUT2D eigenvalue weighted by Crippen LogP contribution is -2.55. The fourth-order valence-corrected chi connectivity index (χ4v) is 3.19. The largest absolute Gasteiger partial charge is 0.480 e. The minimum absolute atomic E-state index is 0.0181. The Balaban J connectivity index is 1.84. The topological polar surface area (TPSA) is 69.6 Å². The van der Waals surface area contributed by atoms with E-state index in [4.69, 9.17) is 0 Å². The molecule has 2 aliphatic rings. The molecule has 2 unspecified atom stereocenters. The van der Waals surface area contributed by atoms with E-state index in [2.05, 4.69) is 11.4 Å². The Labute approximate surface area is 120 Å². The molecule has 1 aliphatic heterocycles. The summed E-state index contributed by atoms with van der Waals surface area (Å²) in [7, 11) is 0. The molecule has 2 rings (SSSR count). The van der Waals surface area contributed by atoms with Gasteiger partial charge in [0.25, 0.3) is 0 Å². The van der Waals surface area contributed by atoms with Crippen LogP contribution in [0.15, 0.2) is 11.6 Å². The van der Waals surface area contributed by atoms with Crippen molar-refractivity contribution >= 4 is 12.0 Å². The van der Waals surface area contributed by atoms with Crippen LogP contribution < -0.4 is 5.32 Å². The molecule has 1 saturated heterocycles. The lowest BCUT2D eigenvalue weighted by Gasteiger charge is -2.37. The molecule has 0 spiro atoms. The van der Waals surface area contributed by atoms with Gasteiger partial charge in [-0.25, -0.2) is 9.59 Å². The van der Waals surface area contributed by atoms with Gasteiger partial charge >= 0.3 is 12.0 Å². The van der Waals surface area contributed by atoms with Gasteiger partial charge in [-0.3, -0.25) is 0 Å². The fourth-order valence-electron chi connectivity index (χ4n) is 3.19. The number of nitrogens with zero attached hydrogens (tertiary/aromatic N) is 1. The summed E-state index contributed by atoms with van der Waals surface area (Å²) in [4.78, 5) is 25.0. The average Bonchev–Trinajstić information content (AvgIpc) is 2.91. The smallest absolute Gasteiger partial charge is 0.326 e. The Morgan fingerprint density at radius 1 is 1.45 bits per heavy atom. The van der Waals surface area contributed by atoms with Crippen molar-refractivity contribution in [3.05, 3.63) is 11.6 Å². The van der Waals surface area contributed by atoms with Crippen LogP contribution in [0.1, 0.15) is 45.4 Å². The predicted molar refractivity (Wildman–Crippen MR) is 76.5 cm³/mol. The molecule has 2 N–H and O–H groups in total. The highest BCUT2D eigenvalue weighted by Gasteiger charge is 2.36. The molecule has 0 aromatic heterocycles. The number of piperidine rings is 1. The summed E-state index contributed by atoms with van der Waals surface area (Å²) in [5.74, 6) is -0.879. The van der Waals surface area contributed by atoms with Crippen molar-refractivity contribution in [2.24, 2.45) is 5.92 Å². The number of allylic oxidation sites excluding steroid dienone is 1. The molecule has 0 aromatic carbocycles. The monoisotopic (exact) mass is 280 g/mol. The number of nitrogens with one attached hydrogen (secondary N) is 1. The van der Waals surface area contributed by atoms with E-state index in [1.807, 2.05) is 6.92 Å². The highest BCUT2D eigenvalue weighted by atomic mass is 16.4. The predicted octanol–water partition coefficient (Wildman–Crippen LogP) is 2.38. The maximum atomic E-state index is 12.2. The Morgan fingerprint density at radius 2 is 2.25 bits per heavy atom. The molecule has 0 bridgehead atoms. The van der Waals surface area contributed by atoms with Crippen LogP contribution in [0.25, 0.3) is 0 Å². The summed E-state index contributed by atoms with van der Waals surface area (Å²) in [6, 6.07) is -0.919. The van der Waals surface area contributed by atoms with Gasteiger partial charge in [0.15, 0.2) is 0 Å². The van der Waals surface area contributed by atoms with Gasteiger partial charge in [0.05, 0.1) is 0 Å².